The van der Waals surface area contributed by atoms with E-state index in [0.717, 1.165) is 6.07 Å². The SMILES string of the molecule is C#Cc1cccc(NC(=O)c2cc(Cl)ccc2F)c1. The fraction of sp³-hybridized carbons (Fsp3) is 0. The van der Waals surface area contributed by atoms with Crippen LogP contribution in [0.25, 0.3) is 0 Å². The van der Waals surface area contributed by atoms with Crippen LogP contribution in [0.15, 0.2) is 42.5 Å². The predicted molar refractivity (Wildman–Crippen MR) is 73.7 cm³/mol. The number of amides is 1. The molecule has 0 saturated carbocycles. The molecule has 2 rings (SSSR count). The minimum Gasteiger partial charge on any atom is -0.322 e. The summed E-state index contributed by atoms with van der Waals surface area (Å²) in [7, 11) is 0. The highest BCUT2D eigenvalue weighted by Crippen LogP contribution is 2.17. The van der Waals surface area contributed by atoms with E-state index in [1.165, 1.54) is 12.1 Å². The molecule has 0 spiro atoms. The molecule has 0 radical (unpaired) electrons. The van der Waals surface area contributed by atoms with Gasteiger partial charge in [0.15, 0.2) is 0 Å². The van der Waals surface area contributed by atoms with Crippen molar-refractivity contribution >= 4 is 23.2 Å². The molecule has 94 valence electrons. The van der Waals surface area contributed by atoms with Crippen molar-refractivity contribution < 1.29 is 9.18 Å². The Labute approximate surface area is 115 Å². The molecule has 0 heterocycles. The van der Waals surface area contributed by atoms with Crippen LogP contribution in [0.1, 0.15) is 15.9 Å². The van der Waals surface area contributed by atoms with Gasteiger partial charge in [-0.25, -0.2) is 4.39 Å². The molecule has 19 heavy (non-hydrogen) atoms. The number of benzene rings is 2. The van der Waals surface area contributed by atoms with Gasteiger partial charge in [0, 0.05) is 16.3 Å². The summed E-state index contributed by atoms with van der Waals surface area (Å²) in [5.74, 6) is 1.25. The molecule has 0 unspecified atom stereocenters. The topological polar surface area (TPSA) is 29.1 Å². The lowest BCUT2D eigenvalue weighted by molar-refractivity contribution is 0.102. The maximum absolute atomic E-state index is 13.5. The minimum atomic E-state index is -0.630. The Morgan fingerprint density at radius 1 is 1.26 bits per heavy atom. The van der Waals surface area contributed by atoms with E-state index in [-0.39, 0.29) is 5.56 Å². The molecule has 2 nitrogen and oxygen atoms in total. The van der Waals surface area contributed by atoms with Gasteiger partial charge in [-0.1, -0.05) is 23.6 Å². The molecule has 1 amide bonds. The smallest absolute Gasteiger partial charge is 0.258 e. The first-order valence-electron chi connectivity index (χ1n) is 5.43. The highest BCUT2D eigenvalue weighted by atomic mass is 35.5. The van der Waals surface area contributed by atoms with E-state index < -0.39 is 11.7 Å². The largest absolute Gasteiger partial charge is 0.322 e. The summed E-state index contributed by atoms with van der Waals surface area (Å²) in [5.41, 5.74) is 1.02. The molecular weight excluding hydrogens is 265 g/mol. The maximum Gasteiger partial charge on any atom is 0.258 e. The van der Waals surface area contributed by atoms with E-state index in [2.05, 4.69) is 11.2 Å². The van der Waals surface area contributed by atoms with Gasteiger partial charge in [0.25, 0.3) is 5.91 Å². The van der Waals surface area contributed by atoms with Crippen molar-refractivity contribution in [3.05, 3.63) is 64.4 Å². The Bertz CT molecular complexity index is 676. The van der Waals surface area contributed by atoms with Gasteiger partial charge in [-0.3, -0.25) is 4.79 Å². The third-order valence-electron chi connectivity index (χ3n) is 2.46. The lowest BCUT2D eigenvalue weighted by Gasteiger charge is -2.07. The molecule has 2 aromatic carbocycles. The first kappa shape index (κ1) is 13.1. The summed E-state index contributed by atoms with van der Waals surface area (Å²) in [6, 6.07) is 10.5. The van der Waals surface area contributed by atoms with Crippen LogP contribution >= 0.6 is 11.6 Å². The van der Waals surface area contributed by atoms with E-state index in [0.29, 0.717) is 16.3 Å². The van der Waals surface area contributed by atoms with Crippen molar-refractivity contribution in [3.8, 4) is 12.3 Å². The van der Waals surface area contributed by atoms with Gasteiger partial charge in [0.2, 0.25) is 0 Å². The van der Waals surface area contributed by atoms with Crippen LogP contribution in [0.2, 0.25) is 5.02 Å². The highest BCUT2D eigenvalue weighted by Gasteiger charge is 2.12. The molecule has 0 fully saturated rings. The predicted octanol–water partition coefficient (Wildman–Crippen LogP) is 3.71. The number of carbonyl (C=O) groups is 1. The van der Waals surface area contributed by atoms with E-state index in [1.54, 1.807) is 24.3 Å². The minimum absolute atomic E-state index is 0.112. The Hall–Kier alpha value is -2.31. The van der Waals surface area contributed by atoms with Crippen LogP contribution in [0.4, 0.5) is 10.1 Å². The number of carbonyl (C=O) groups excluding carboxylic acids is 1. The van der Waals surface area contributed by atoms with Gasteiger partial charge in [-0.15, -0.1) is 6.42 Å². The first-order chi connectivity index (χ1) is 9.10. The van der Waals surface area contributed by atoms with Gasteiger partial charge in [0.1, 0.15) is 5.82 Å². The van der Waals surface area contributed by atoms with Gasteiger partial charge >= 0.3 is 0 Å². The molecule has 0 aliphatic rings. The number of hydrogen-bond acceptors (Lipinski definition) is 1. The van der Waals surface area contributed by atoms with E-state index in [4.69, 9.17) is 18.0 Å². The maximum atomic E-state index is 13.5. The molecule has 2 aromatic rings. The highest BCUT2D eigenvalue weighted by molar-refractivity contribution is 6.31. The van der Waals surface area contributed by atoms with Crippen LogP contribution < -0.4 is 5.32 Å². The van der Waals surface area contributed by atoms with Crippen LogP contribution in [0.3, 0.4) is 0 Å². The second-order valence-corrected chi connectivity index (χ2v) is 4.24. The summed E-state index contributed by atoms with van der Waals surface area (Å²) in [4.78, 5) is 11.9. The third kappa shape index (κ3) is 3.12. The average Bonchev–Trinajstić information content (AvgIpc) is 2.41. The Kier molecular flexibility index (Phi) is 3.84. The summed E-state index contributed by atoms with van der Waals surface area (Å²) in [5, 5.41) is 2.86. The summed E-state index contributed by atoms with van der Waals surface area (Å²) in [6.07, 6.45) is 5.26. The molecule has 0 bridgehead atoms. The van der Waals surface area contributed by atoms with Crippen molar-refractivity contribution in [2.24, 2.45) is 0 Å². The number of anilines is 1. The van der Waals surface area contributed by atoms with Gasteiger partial charge < -0.3 is 5.32 Å². The Balaban J connectivity index is 2.26. The summed E-state index contributed by atoms with van der Waals surface area (Å²) in [6.45, 7) is 0. The first-order valence-corrected chi connectivity index (χ1v) is 5.81. The monoisotopic (exact) mass is 273 g/mol. The molecule has 0 aliphatic carbocycles. The van der Waals surface area contributed by atoms with Crippen LogP contribution in [-0.2, 0) is 0 Å². The standard InChI is InChI=1S/C15H9ClFNO/c1-2-10-4-3-5-12(8-10)18-15(19)13-9-11(16)6-7-14(13)17/h1,3-9H,(H,18,19). The fourth-order valence-electron chi connectivity index (χ4n) is 1.56. The number of rotatable bonds is 2. The fourth-order valence-corrected chi connectivity index (χ4v) is 1.73. The second-order valence-electron chi connectivity index (χ2n) is 3.80. The van der Waals surface area contributed by atoms with Gasteiger partial charge in [-0.05, 0) is 36.4 Å². The Morgan fingerprint density at radius 3 is 2.79 bits per heavy atom. The van der Waals surface area contributed by atoms with Crippen LogP contribution in [0, 0.1) is 18.2 Å². The zero-order valence-corrected chi connectivity index (χ0v) is 10.5. The van der Waals surface area contributed by atoms with Crippen molar-refractivity contribution in [2.75, 3.05) is 5.32 Å². The quantitative estimate of drug-likeness (QED) is 0.831. The molecule has 0 atom stereocenters. The number of terminal acetylenes is 1. The molecule has 1 N–H and O–H groups in total. The number of nitrogens with one attached hydrogen (secondary N) is 1. The third-order valence-corrected chi connectivity index (χ3v) is 2.70. The average molecular weight is 274 g/mol. The number of halogens is 2. The zero-order chi connectivity index (χ0) is 13.8. The van der Waals surface area contributed by atoms with Gasteiger partial charge in [-0.2, -0.15) is 0 Å². The van der Waals surface area contributed by atoms with E-state index in [9.17, 15) is 9.18 Å². The summed E-state index contributed by atoms with van der Waals surface area (Å²) >= 11 is 5.74. The van der Waals surface area contributed by atoms with Crippen molar-refractivity contribution in [1.82, 2.24) is 0 Å². The van der Waals surface area contributed by atoms with Gasteiger partial charge in [0.05, 0.1) is 5.56 Å². The molecule has 0 aliphatic heterocycles. The lowest BCUT2D eigenvalue weighted by atomic mass is 10.1. The number of hydrogen-bond donors (Lipinski definition) is 1. The van der Waals surface area contributed by atoms with E-state index >= 15 is 0 Å². The lowest BCUT2D eigenvalue weighted by Crippen LogP contribution is -2.13. The Morgan fingerprint density at radius 2 is 2.05 bits per heavy atom. The molecule has 0 saturated heterocycles. The van der Waals surface area contributed by atoms with Crippen LogP contribution in [0.5, 0.6) is 0 Å². The van der Waals surface area contributed by atoms with E-state index in [1.807, 2.05) is 0 Å². The second kappa shape index (κ2) is 5.55. The molecular formula is C15H9ClFNO. The molecule has 4 heteroatoms. The normalized spacial score (nSPS) is 9.74. The van der Waals surface area contributed by atoms with Crippen molar-refractivity contribution in [3.63, 3.8) is 0 Å². The van der Waals surface area contributed by atoms with Crippen LogP contribution in [-0.4, -0.2) is 5.91 Å². The van der Waals surface area contributed by atoms with Crippen molar-refractivity contribution in [2.45, 2.75) is 0 Å². The molecule has 0 aromatic heterocycles. The van der Waals surface area contributed by atoms with Crippen molar-refractivity contribution in [1.29, 1.82) is 0 Å². The summed E-state index contributed by atoms with van der Waals surface area (Å²) < 4.78 is 13.5. The zero-order valence-electron chi connectivity index (χ0n) is 9.78.